The second kappa shape index (κ2) is 13.7. The molecular formula is C32H29NO7. The maximum atomic E-state index is 12.7. The van der Waals surface area contributed by atoms with Crippen LogP contribution in [0.1, 0.15) is 28.7 Å². The van der Waals surface area contributed by atoms with E-state index in [1.54, 1.807) is 24.3 Å². The highest BCUT2D eigenvalue weighted by atomic mass is 16.5. The Labute approximate surface area is 231 Å². The number of esters is 1. The zero-order chi connectivity index (χ0) is 28.3. The molecule has 0 aromatic heterocycles. The number of ketones is 1. The van der Waals surface area contributed by atoms with Crippen LogP contribution in [-0.2, 0) is 43.3 Å². The van der Waals surface area contributed by atoms with Gasteiger partial charge < -0.3 is 19.9 Å². The van der Waals surface area contributed by atoms with Crippen molar-refractivity contribution in [1.82, 2.24) is 5.32 Å². The summed E-state index contributed by atoms with van der Waals surface area (Å²) in [4.78, 5) is 48.8. The minimum atomic E-state index is -1.41. The van der Waals surface area contributed by atoms with Crippen LogP contribution in [0.4, 0.5) is 4.79 Å². The number of ether oxygens (including phenoxy) is 2. The smallest absolute Gasteiger partial charge is 0.408 e. The van der Waals surface area contributed by atoms with E-state index in [1.807, 2.05) is 60.7 Å². The Morgan fingerprint density at radius 3 is 1.93 bits per heavy atom. The van der Waals surface area contributed by atoms with Gasteiger partial charge in [0.1, 0.15) is 12.6 Å². The summed E-state index contributed by atoms with van der Waals surface area (Å²) < 4.78 is 10.3. The molecule has 4 aromatic rings. The largest absolute Gasteiger partial charge is 0.481 e. The number of carbonyl (C=O) groups is 4. The third-order valence-corrected chi connectivity index (χ3v) is 6.32. The third-order valence-electron chi connectivity index (χ3n) is 6.32. The quantitative estimate of drug-likeness (QED) is 0.247. The van der Waals surface area contributed by atoms with Crippen LogP contribution in [0.3, 0.4) is 0 Å². The Morgan fingerprint density at radius 2 is 1.27 bits per heavy atom. The molecule has 204 valence electrons. The number of amides is 1. The molecule has 8 nitrogen and oxygen atoms in total. The van der Waals surface area contributed by atoms with Crippen LogP contribution in [-0.4, -0.2) is 41.6 Å². The van der Waals surface area contributed by atoms with E-state index < -0.39 is 42.9 Å². The zero-order valence-corrected chi connectivity index (χ0v) is 21.7. The van der Waals surface area contributed by atoms with Gasteiger partial charge in [-0.25, -0.2) is 4.79 Å². The molecule has 4 aromatic carbocycles. The van der Waals surface area contributed by atoms with Crippen molar-refractivity contribution in [3.8, 4) is 0 Å². The second-order valence-corrected chi connectivity index (χ2v) is 9.25. The Balaban J connectivity index is 1.35. The van der Waals surface area contributed by atoms with Crippen LogP contribution in [0, 0.1) is 0 Å². The molecule has 0 saturated carbocycles. The molecule has 0 aliphatic heterocycles. The molecule has 0 radical (unpaired) electrons. The summed E-state index contributed by atoms with van der Waals surface area (Å²) in [5, 5.41) is 13.4. The van der Waals surface area contributed by atoms with E-state index in [0.29, 0.717) is 0 Å². The molecule has 1 unspecified atom stereocenters. The third kappa shape index (κ3) is 8.01. The Bertz CT molecular complexity index is 1490. The molecule has 40 heavy (non-hydrogen) atoms. The number of carbonyl (C=O) groups excluding carboxylic acids is 3. The average Bonchev–Trinajstić information content (AvgIpc) is 2.96. The van der Waals surface area contributed by atoms with Gasteiger partial charge in [0.25, 0.3) is 0 Å². The summed E-state index contributed by atoms with van der Waals surface area (Å²) in [6, 6.07) is 29.2. The Morgan fingerprint density at radius 1 is 0.700 bits per heavy atom. The first-order chi connectivity index (χ1) is 19.4. The van der Waals surface area contributed by atoms with Crippen molar-refractivity contribution < 1.29 is 33.8 Å². The molecule has 0 heterocycles. The summed E-state index contributed by atoms with van der Waals surface area (Å²) in [6.07, 6.45) is -0.955. The van der Waals surface area contributed by atoms with Gasteiger partial charge in [-0.2, -0.15) is 0 Å². The predicted octanol–water partition coefficient (Wildman–Crippen LogP) is 4.86. The number of hydrogen-bond donors (Lipinski definition) is 2. The monoisotopic (exact) mass is 539 g/mol. The lowest BCUT2D eigenvalue weighted by atomic mass is 9.94. The number of nitrogens with one attached hydrogen (secondary N) is 1. The van der Waals surface area contributed by atoms with E-state index in [1.165, 1.54) is 5.56 Å². The molecule has 8 heteroatoms. The topological polar surface area (TPSA) is 119 Å². The first-order valence-electron chi connectivity index (χ1n) is 12.8. The lowest BCUT2D eigenvalue weighted by Gasteiger charge is -2.16. The van der Waals surface area contributed by atoms with E-state index in [4.69, 9.17) is 9.47 Å². The van der Waals surface area contributed by atoms with Crippen molar-refractivity contribution in [2.75, 3.05) is 6.61 Å². The van der Waals surface area contributed by atoms with Gasteiger partial charge in [0, 0.05) is 0 Å². The van der Waals surface area contributed by atoms with Gasteiger partial charge in [0.05, 0.1) is 12.8 Å². The van der Waals surface area contributed by atoms with E-state index in [9.17, 15) is 24.3 Å². The molecule has 1 amide bonds. The minimum Gasteiger partial charge on any atom is -0.481 e. The normalized spacial score (nSPS) is 11.4. The fourth-order valence-electron chi connectivity index (χ4n) is 4.33. The summed E-state index contributed by atoms with van der Waals surface area (Å²) in [6.45, 7) is -0.729. The van der Waals surface area contributed by atoms with Crippen LogP contribution in [0.5, 0.6) is 0 Å². The van der Waals surface area contributed by atoms with E-state index in [0.717, 1.165) is 33.9 Å². The van der Waals surface area contributed by atoms with E-state index >= 15 is 0 Å². The highest BCUT2D eigenvalue weighted by molar-refractivity contribution is 5.94. The van der Waals surface area contributed by atoms with Crippen molar-refractivity contribution in [1.29, 1.82) is 0 Å². The number of hydrogen-bond acceptors (Lipinski definition) is 6. The molecule has 0 bridgehead atoms. The molecular weight excluding hydrogens is 510 g/mol. The number of carboxylic acids is 1. The average molecular weight is 540 g/mol. The molecule has 0 spiro atoms. The first kappa shape index (κ1) is 28.0. The standard InChI is InChI=1S/C32H29NO7/c34-29(28(19-30(35)36)33-32(38)40-20-23-11-5-2-6-12-23)21-39-31(37)18-25-16-15-24(17-22-9-3-1-4-10-22)26-13-7-8-14-27(25)26/h1-16,28H,17-21H2,(H,33,38)(H,35,36). The Hall–Kier alpha value is -4.98. The first-order valence-corrected chi connectivity index (χ1v) is 12.8. The molecule has 0 aliphatic carbocycles. The van der Waals surface area contributed by atoms with Crippen LogP contribution >= 0.6 is 0 Å². The van der Waals surface area contributed by atoms with Gasteiger partial charge >= 0.3 is 18.0 Å². The molecule has 0 fully saturated rings. The highest BCUT2D eigenvalue weighted by Gasteiger charge is 2.25. The van der Waals surface area contributed by atoms with Crippen LogP contribution in [0.2, 0.25) is 0 Å². The van der Waals surface area contributed by atoms with E-state index in [-0.39, 0.29) is 13.0 Å². The van der Waals surface area contributed by atoms with Crippen molar-refractivity contribution in [3.63, 3.8) is 0 Å². The molecule has 2 N–H and O–H groups in total. The number of alkyl carbamates (subject to hydrolysis) is 1. The van der Waals surface area contributed by atoms with Gasteiger partial charge in [0.15, 0.2) is 12.4 Å². The van der Waals surface area contributed by atoms with Gasteiger partial charge in [-0.1, -0.05) is 97.1 Å². The van der Waals surface area contributed by atoms with Gasteiger partial charge in [-0.3, -0.25) is 14.4 Å². The van der Waals surface area contributed by atoms with Crippen LogP contribution < -0.4 is 5.32 Å². The van der Waals surface area contributed by atoms with E-state index in [2.05, 4.69) is 17.4 Å². The number of fused-ring (bicyclic) bond motifs is 1. The van der Waals surface area contributed by atoms with Gasteiger partial charge in [0.2, 0.25) is 0 Å². The summed E-state index contributed by atoms with van der Waals surface area (Å²) in [7, 11) is 0. The number of benzene rings is 4. The maximum Gasteiger partial charge on any atom is 0.408 e. The second-order valence-electron chi connectivity index (χ2n) is 9.25. The number of aliphatic carboxylic acids is 1. The molecule has 4 rings (SSSR count). The van der Waals surface area contributed by atoms with Crippen LogP contribution in [0.25, 0.3) is 10.8 Å². The SMILES string of the molecule is O=C(O)CC(NC(=O)OCc1ccccc1)C(=O)COC(=O)Cc1ccc(Cc2ccccc2)c2ccccc12. The lowest BCUT2D eigenvalue weighted by molar-refractivity contribution is -0.148. The van der Waals surface area contributed by atoms with Gasteiger partial charge in [-0.15, -0.1) is 0 Å². The maximum absolute atomic E-state index is 12.7. The number of rotatable bonds is 12. The minimum absolute atomic E-state index is 0.0479. The highest BCUT2D eigenvalue weighted by Crippen LogP contribution is 2.25. The summed E-state index contributed by atoms with van der Waals surface area (Å²) in [5.74, 6) is -2.69. The number of carboxylic acid groups (broad SMARTS) is 1. The molecule has 1 atom stereocenters. The Kier molecular flexibility index (Phi) is 9.61. The fourth-order valence-corrected chi connectivity index (χ4v) is 4.33. The summed E-state index contributed by atoms with van der Waals surface area (Å²) >= 11 is 0. The predicted molar refractivity (Wildman–Crippen MR) is 149 cm³/mol. The molecule has 0 aliphatic rings. The van der Waals surface area contributed by atoms with Gasteiger partial charge in [-0.05, 0) is 39.4 Å². The van der Waals surface area contributed by atoms with Crippen molar-refractivity contribution >= 4 is 34.6 Å². The van der Waals surface area contributed by atoms with Crippen molar-refractivity contribution in [2.45, 2.75) is 31.9 Å². The number of Topliss-reactive ketones (excluding diaryl/α,β-unsaturated/α-hetero) is 1. The fraction of sp³-hybridized carbons (Fsp3) is 0.188. The van der Waals surface area contributed by atoms with Crippen LogP contribution in [0.15, 0.2) is 97.1 Å². The van der Waals surface area contributed by atoms with Crippen molar-refractivity contribution in [2.24, 2.45) is 0 Å². The lowest BCUT2D eigenvalue weighted by Crippen LogP contribution is -2.44. The van der Waals surface area contributed by atoms with Crippen molar-refractivity contribution in [3.05, 3.63) is 119 Å². The molecule has 0 saturated heterocycles. The zero-order valence-electron chi connectivity index (χ0n) is 21.7. The summed E-state index contributed by atoms with van der Waals surface area (Å²) in [5.41, 5.74) is 3.77.